The molecule has 0 aliphatic carbocycles. The zero-order valence-corrected chi connectivity index (χ0v) is 18.0. The quantitative estimate of drug-likeness (QED) is 0.499. The summed E-state index contributed by atoms with van der Waals surface area (Å²) in [6, 6.07) is 16.0. The molecule has 5 rings (SSSR count). The van der Waals surface area contributed by atoms with Crippen molar-refractivity contribution < 1.29 is 4.74 Å². The first-order chi connectivity index (χ1) is 15.1. The highest BCUT2D eigenvalue weighted by molar-refractivity contribution is 5.81. The fourth-order valence-electron chi connectivity index (χ4n) is 4.52. The van der Waals surface area contributed by atoms with Crippen LogP contribution in [0, 0.1) is 12.8 Å². The summed E-state index contributed by atoms with van der Waals surface area (Å²) in [5.41, 5.74) is 1.89. The van der Waals surface area contributed by atoms with E-state index >= 15 is 0 Å². The lowest BCUT2D eigenvalue weighted by atomic mass is 9.99. The van der Waals surface area contributed by atoms with Gasteiger partial charge in [0.05, 0.1) is 24.1 Å². The molecular weight excluding hydrogens is 390 g/mol. The molecule has 0 radical (unpaired) electrons. The highest BCUT2D eigenvalue weighted by atomic mass is 16.5. The van der Waals surface area contributed by atoms with Crippen molar-refractivity contribution in [2.75, 3.05) is 19.7 Å². The summed E-state index contributed by atoms with van der Waals surface area (Å²) in [4.78, 5) is 15.2. The van der Waals surface area contributed by atoms with Gasteiger partial charge in [-0.15, -0.1) is 10.2 Å². The third kappa shape index (κ3) is 3.81. The second kappa shape index (κ2) is 8.15. The number of benzene rings is 2. The molecule has 4 aromatic rings. The van der Waals surface area contributed by atoms with E-state index in [0.29, 0.717) is 23.6 Å². The Morgan fingerprint density at radius 2 is 1.97 bits per heavy atom. The maximum atomic E-state index is 12.8. The molecule has 0 bridgehead atoms. The lowest BCUT2D eigenvalue weighted by Gasteiger charge is -2.32. The number of rotatable bonds is 5. The minimum absolute atomic E-state index is 0.0405. The monoisotopic (exact) mass is 417 g/mol. The van der Waals surface area contributed by atoms with Gasteiger partial charge in [-0.2, -0.15) is 0 Å². The van der Waals surface area contributed by atoms with E-state index in [9.17, 15) is 4.79 Å². The maximum Gasteiger partial charge on any atom is 0.262 e. The minimum atomic E-state index is -0.0405. The molecule has 1 aliphatic rings. The Kier molecular flexibility index (Phi) is 5.19. The predicted octanol–water partition coefficient (Wildman–Crippen LogP) is 3.18. The summed E-state index contributed by atoms with van der Waals surface area (Å²) >= 11 is 0. The van der Waals surface area contributed by atoms with Crippen molar-refractivity contribution in [2.45, 2.75) is 26.3 Å². The van der Waals surface area contributed by atoms with Gasteiger partial charge >= 0.3 is 0 Å². The molecule has 1 unspecified atom stereocenters. The average Bonchev–Trinajstić information content (AvgIpc) is 3.21. The van der Waals surface area contributed by atoms with Crippen LogP contribution in [0.4, 0.5) is 0 Å². The topological polar surface area (TPSA) is 64.7 Å². The first kappa shape index (κ1) is 19.8. The highest BCUT2D eigenvalue weighted by Gasteiger charge is 2.23. The van der Waals surface area contributed by atoms with Crippen LogP contribution in [0.5, 0.6) is 5.75 Å². The van der Waals surface area contributed by atoms with Crippen LogP contribution < -0.4 is 10.3 Å². The second-order valence-electron chi connectivity index (χ2n) is 8.50. The number of hydrogen-bond acceptors (Lipinski definition) is 5. The van der Waals surface area contributed by atoms with Crippen LogP contribution in [0.1, 0.15) is 24.2 Å². The van der Waals surface area contributed by atoms with E-state index in [1.165, 1.54) is 6.42 Å². The molecule has 7 heteroatoms. The Hall–Kier alpha value is -3.19. The average molecular weight is 418 g/mol. The van der Waals surface area contributed by atoms with Crippen LogP contribution in [0.15, 0.2) is 53.3 Å². The van der Waals surface area contributed by atoms with Crippen LogP contribution >= 0.6 is 0 Å². The van der Waals surface area contributed by atoms with Crippen molar-refractivity contribution in [1.82, 2.24) is 24.1 Å². The SMILES string of the molecule is Cc1ccc2c(c1)c(=O)n(C)c1nnc(CN3CCCC(COc4ccccc4)C3)n21. The Labute approximate surface area is 180 Å². The number of likely N-dealkylation sites (tertiary alicyclic amines) is 1. The number of aromatic nitrogens is 4. The number of nitrogens with zero attached hydrogens (tertiary/aromatic N) is 5. The molecule has 0 N–H and O–H groups in total. The molecule has 160 valence electrons. The molecule has 3 heterocycles. The van der Waals surface area contributed by atoms with Gasteiger partial charge in [0, 0.05) is 19.5 Å². The third-order valence-corrected chi connectivity index (χ3v) is 6.14. The van der Waals surface area contributed by atoms with Gasteiger partial charge in [0.25, 0.3) is 5.56 Å². The standard InChI is InChI=1S/C24H27N5O2/c1-17-10-11-21-20(13-17)23(30)27(2)24-26-25-22(29(21)24)15-28-12-6-7-18(14-28)16-31-19-8-4-3-5-9-19/h3-5,8-11,13,18H,6-7,12,14-16H2,1-2H3. The van der Waals surface area contributed by atoms with Crippen molar-refractivity contribution in [3.8, 4) is 5.75 Å². The summed E-state index contributed by atoms with van der Waals surface area (Å²) in [5.74, 6) is 2.85. The van der Waals surface area contributed by atoms with E-state index in [-0.39, 0.29) is 5.56 Å². The van der Waals surface area contributed by atoms with Gasteiger partial charge in [0.2, 0.25) is 5.78 Å². The van der Waals surface area contributed by atoms with Crippen LogP contribution in [0.3, 0.4) is 0 Å². The summed E-state index contributed by atoms with van der Waals surface area (Å²) in [6.07, 6.45) is 2.30. The largest absolute Gasteiger partial charge is 0.493 e. The highest BCUT2D eigenvalue weighted by Crippen LogP contribution is 2.22. The number of fused-ring (bicyclic) bond motifs is 3. The van der Waals surface area contributed by atoms with Crippen LogP contribution in [-0.2, 0) is 13.6 Å². The minimum Gasteiger partial charge on any atom is -0.493 e. The van der Waals surface area contributed by atoms with Crippen molar-refractivity contribution in [3.63, 3.8) is 0 Å². The third-order valence-electron chi connectivity index (χ3n) is 6.14. The molecular formula is C24H27N5O2. The second-order valence-corrected chi connectivity index (χ2v) is 8.50. The number of piperidine rings is 1. The lowest BCUT2D eigenvalue weighted by Crippen LogP contribution is -2.37. The Morgan fingerprint density at radius 3 is 2.81 bits per heavy atom. The zero-order valence-electron chi connectivity index (χ0n) is 18.0. The van der Waals surface area contributed by atoms with E-state index in [2.05, 4.69) is 15.1 Å². The van der Waals surface area contributed by atoms with Crippen molar-refractivity contribution in [3.05, 3.63) is 70.3 Å². The molecule has 1 fully saturated rings. The van der Waals surface area contributed by atoms with E-state index in [0.717, 1.165) is 48.8 Å². The zero-order chi connectivity index (χ0) is 21.4. The number of ether oxygens (including phenoxy) is 1. The van der Waals surface area contributed by atoms with Gasteiger partial charge < -0.3 is 4.74 Å². The molecule has 0 spiro atoms. The summed E-state index contributed by atoms with van der Waals surface area (Å²) < 4.78 is 9.62. The van der Waals surface area contributed by atoms with Gasteiger partial charge in [-0.1, -0.05) is 29.8 Å². The fourth-order valence-corrected chi connectivity index (χ4v) is 4.52. The molecule has 2 aromatic heterocycles. The van der Waals surface area contributed by atoms with Gasteiger partial charge in [-0.3, -0.25) is 18.7 Å². The molecule has 0 amide bonds. The summed E-state index contributed by atoms with van der Waals surface area (Å²) in [7, 11) is 1.76. The molecule has 31 heavy (non-hydrogen) atoms. The first-order valence-corrected chi connectivity index (χ1v) is 10.8. The van der Waals surface area contributed by atoms with Gasteiger partial charge in [-0.05, 0) is 50.6 Å². The molecule has 2 aromatic carbocycles. The van der Waals surface area contributed by atoms with Gasteiger partial charge in [-0.25, -0.2) is 0 Å². The molecule has 1 atom stereocenters. The Morgan fingerprint density at radius 1 is 1.13 bits per heavy atom. The van der Waals surface area contributed by atoms with E-state index in [1.807, 2.05) is 59.9 Å². The number of hydrogen-bond donors (Lipinski definition) is 0. The van der Waals surface area contributed by atoms with Crippen LogP contribution in [-0.4, -0.2) is 43.8 Å². The summed E-state index contributed by atoms with van der Waals surface area (Å²) in [5, 5.41) is 9.50. The Balaban J connectivity index is 1.39. The lowest BCUT2D eigenvalue weighted by molar-refractivity contribution is 0.123. The smallest absolute Gasteiger partial charge is 0.262 e. The maximum absolute atomic E-state index is 12.8. The van der Waals surface area contributed by atoms with Crippen molar-refractivity contribution >= 4 is 16.7 Å². The van der Waals surface area contributed by atoms with Crippen LogP contribution in [0.2, 0.25) is 0 Å². The van der Waals surface area contributed by atoms with Gasteiger partial charge in [0.1, 0.15) is 5.75 Å². The van der Waals surface area contributed by atoms with E-state index < -0.39 is 0 Å². The van der Waals surface area contributed by atoms with Crippen molar-refractivity contribution in [2.24, 2.45) is 13.0 Å². The molecule has 0 saturated carbocycles. The van der Waals surface area contributed by atoms with E-state index in [1.54, 1.807) is 11.6 Å². The molecule has 7 nitrogen and oxygen atoms in total. The molecule has 1 saturated heterocycles. The number of para-hydroxylation sites is 1. The number of aryl methyl sites for hydroxylation is 2. The Bertz CT molecular complexity index is 1280. The normalized spacial score (nSPS) is 17.4. The predicted molar refractivity (Wildman–Crippen MR) is 120 cm³/mol. The van der Waals surface area contributed by atoms with E-state index in [4.69, 9.17) is 4.74 Å². The first-order valence-electron chi connectivity index (χ1n) is 10.8. The van der Waals surface area contributed by atoms with Crippen LogP contribution in [0.25, 0.3) is 16.7 Å². The molecule has 1 aliphatic heterocycles. The fraction of sp³-hybridized carbons (Fsp3) is 0.375. The summed E-state index contributed by atoms with van der Waals surface area (Å²) in [6.45, 7) is 5.41. The van der Waals surface area contributed by atoms with Crippen molar-refractivity contribution in [1.29, 1.82) is 0 Å². The van der Waals surface area contributed by atoms with Gasteiger partial charge in [0.15, 0.2) is 5.82 Å².